The van der Waals surface area contributed by atoms with Crippen molar-refractivity contribution in [3.05, 3.63) is 28.2 Å². The van der Waals surface area contributed by atoms with E-state index in [-0.39, 0.29) is 29.9 Å². The van der Waals surface area contributed by atoms with Crippen molar-refractivity contribution in [2.45, 2.75) is 26.3 Å². The molecule has 2 N–H and O–H groups in total. The molecule has 0 unspecified atom stereocenters. The van der Waals surface area contributed by atoms with E-state index >= 15 is 0 Å². The summed E-state index contributed by atoms with van der Waals surface area (Å²) >= 11 is 3.28. The summed E-state index contributed by atoms with van der Waals surface area (Å²) in [6, 6.07) is 4.79. The number of aliphatic hydroxyl groups is 1. The van der Waals surface area contributed by atoms with Gasteiger partial charge < -0.3 is 15.1 Å². The molecule has 1 aromatic carbocycles. The summed E-state index contributed by atoms with van der Waals surface area (Å²) in [5.74, 6) is -0.255. The molecule has 0 spiro atoms. The maximum Gasteiger partial charge on any atom is 0.257 e. The lowest BCUT2D eigenvalue weighted by atomic mass is 10.1. The highest BCUT2D eigenvalue weighted by Crippen LogP contribution is 2.24. The first-order chi connectivity index (χ1) is 8.47. The largest absolute Gasteiger partial charge is 0.507 e. The Kier molecular flexibility index (Phi) is 5.62. The summed E-state index contributed by atoms with van der Waals surface area (Å²) in [6.45, 7) is 4.33. The van der Waals surface area contributed by atoms with Gasteiger partial charge in [-0.25, -0.2) is 0 Å². The van der Waals surface area contributed by atoms with Crippen LogP contribution in [0, 0.1) is 0 Å². The van der Waals surface area contributed by atoms with E-state index in [1.54, 1.807) is 17.0 Å². The van der Waals surface area contributed by atoms with Crippen molar-refractivity contribution >= 4 is 21.8 Å². The van der Waals surface area contributed by atoms with Gasteiger partial charge in [-0.05, 0) is 38.5 Å². The lowest BCUT2D eigenvalue weighted by Crippen LogP contribution is -2.38. The van der Waals surface area contributed by atoms with Crippen molar-refractivity contribution in [3.63, 3.8) is 0 Å². The molecule has 0 saturated heterocycles. The summed E-state index contributed by atoms with van der Waals surface area (Å²) in [7, 11) is 0. The van der Waals surface area contributed by atoms with Crippen molar-refractivity contribution in [2.24, 2.45) is 0 Å². The van der Waals surface area contributed by atoms with Crippen LogP contribution >= 0.6 is 15.9 Å². The molecule has 5 heteroatoms. The van der Waals surface area contributed by atoms with Gasteiger partial charge in [0.2, 0.25) is 0 Å². The Morgan fingerprint density at radius 2 is 2.11 bits per heavy atom. The molecule has 0 bridgehead atoms. The molecule has 0 aliphatic carbocycles. The third-order valence-electron chi connectivity index (χ3n) is 2.63. The van der Waals surface area contributed by atoms with Crippen molar-refractivity contribution in [1.82, 2.24) is 4.90 Å². The summed E-state index contributed by atoms with van der Waals surface area (Å²) in [4.78, 5) is 14.0. The van der Waals surface area contributed by atoms with Crippen LogP contribution in [0.2, 0.25) is 0 Å². The van der Waals surface area contributed by atoms with Gasteiger partial charge in [-0.3, -0.25) is 4.79 Å². The van der Waals surface area contributed by atoms with Gasteiger partial charge in [-0.2, -0.15) is 0 Å². The van der Waals surface area contributed by atoms with Crippen LogP contribution in [0.3, 0.4) is 0 Å². The van der Waals surface area contributed by atoms with E-state index in [0.717, 1.165) is 4.47 Å². The van der Waals surface area contributed by atoms with Crippen LogP contribution < -0.4 is 0 Å². The summed E-state index contributed by atoms with van der Waals surface area (Å²) in [6.07, 6.45) is 0.526. The summed E-state index contributed by atoms with van der Waals surface area (Å²) in [5, 5.41) is 18.6. The lowest BCUT2D eigenvalue weighted by Gasteiger charge is -2.27. The molecule has 0 aliphatic rings. The summed E-state index contributed by atoms with van der Waals surface area (Å²) < 4.78 is 0.745. The molecule has 18 heavy (non-hydrogen) atoms. The van der Waals surface area contributed by atoms with E-state index in [1.807, 2.05) is 13.8 Å². The first-order valence-corrected chi connectivity index (χ1v) is 6.67. The molecule has 4 nitrogen and oxygen atoms in total. The Morgan fingerprint density at radius 3 is 2.67 bits per heavy atom. The van der Waals surface area contributed by atoms with E-state index in [1.165, 1.54) is 6.07 Å². The van der Waals surface area contributed by atoms with Crippen molar-refractivity contribution in [3.8, 4) is 5.75 Å². The molecule has 0 heterocycles. The first-order valence-electron chi connectivity index (χ1n) is 5.87. The van der Waals surface area contributed by atoms with Crippen molar-refractivity contribution < 1.29 is 15.0 Å². The second-order valence-electron chi connectivity index (χ2n) is 4.33. The Morgan fingerprint density at radius 1 is 1.44 bits per heavy atom. The fraction of sp³-hybridized carbons (Fsp3) is 0.462. The third-order valence-corrected chi connectivity index (χ3v) is 3.12. The number of rotatable bonds is 5. The molecule has 100 valence electrons. The quantitative estimate of drug-likeness (QED) is 0.877. The third kappa shape index (κ3) is 3.71. The van der Waals surface area contributed by atoms with Crippen LogP contribution in [0.15, 0.2) is 22.7 Å². The Hall–Kier alpha value is -1.07. The SMILES string of the molecule is CC(C)N(CCCO)C(=O)c1cc(Br)ccc1O. The Labute approximate surface area is 115 Å². The minimum Gasteiger partial charge on any atom is -0.507 e. The maximum absolute atomic E-state index is 12.3. The van der Waals surface area contributed by atoms with Crippen LogP contribution in [-0.2, 0) is 0 Å². The van der Waals surface area contributed by atoms with E-state index in [9.17, 15) is 9.90 Å². The molecular weight excluding hydrogens is 298 g/mol. The van der Waals surface area contributed by atoms with Crippen LogP contribution in [0.1, 0.15) is 30.6 Å². The van der Waals surface area contributed by atoms with Crippen molar-refractivity contribution in [2.75, 3.05) is 13.2 Å². The van der Waals surface area contributed by atoms with Gasteiger partial charge in [0.05, 0.1) is 5.56 Å². The number of carbonyl (C=O) groups is 1. The predicted molar refractivity (Wildman–Crippen MR) is 73.7 cm³/mol. The first kappa shape index (κ1) is 15.0. The zero-order valence-corrected chi connectivity index (χ0v) is 12.1. The number of aliphatic hydroxyl groups excluding tert-OH is 1. The van der Waals surface area contributed by atoms with Crippen LogP contribution in [0.5, 0.6) is 5.75 Å². The second kappa shape index (κ2) is 6.75. The number of nitrogens with zero attached hydrogens (tertiary/aromatic N) is 1. The average Bonchev–Trinajstić information content (AvgIpc) is 2.32. The number of aromatic hydroxyl groups is 1. The molecule has 0 aliphatic heterocycles. The highest BCUT2D eigenvalue weighted by molar-refractivity contribution is 9.10. The number of phenols is 1. The zero-order valence-electron chi connectivity index (χ0n) is 10.6. The monoisotopic (exact) mass is 315 g/mol. The highest BCUT2D eigenvalue weighted by atomic mass is 79.9. The van der Waals surface area contributed by atoms with Gasteiger partial charge in [-0.1, -0.05) is 15.9 Å². The van der Waals surface area contributed by atoms with E-state index in [4.69, 9.17) is 5.11 Å². The van der Waals surface area contributed by atoms with E-state index in [0.29, 0.717) is 13.0 Å². The molecule has 1 amide bonds. The molecular formula is C13H18BrNO3. The van der Waals surface area contributed by atoms with Gasteiger partial charge in [-0.15, -0.1) is 0 Å². The molecule has 0 saturated carbocycles. The lowest BCUT2D eigenvalue weighted by molar-refractivity contribution is 0.0690. The normalized spacial score (nSPS) is 10.7. The molecule has 1 aromatic rings. The standard InChI is InChI=1S/C13H18BrNO3/c1-9(2)15(6-3-7-16)13(18)11-8-10(14)4-5-12(11)17/h4-5,8-9,16-17H,3,6-7H2,1-2H3. The Bertz CT molecular complexity index is 421. The van der Waals surface area contributed by atoms with Crippen molar-refractivity contribution in [1.29, 1.82) is 0 Å². The predicted octanol–water partition coefficient (Wildman–Crippen LogP) is 2.39. The highest BCUT2D eigenvalue weighted by Gasteiger charge is 2.21. The van der Waals surface area contributed by atoms with Gasteiger partial charge in [0, 0.05) is 23.7 Å². The molecule has 1 rings (SSSR count). The number of hydrogen-bond donors (Lipinski definition) is 2. The Balaban J connectivity index is 2.98. The van der Waals surface area contributed by atoms with Gasteiger partial charge in [0.25, 0.3) is 5.91 Å². The topological polar surface area (TPSA) is 60.8 Å². The number of hydrogen-bond acceptors (Lipinski definition) is 3. The smallest absolute Gasteiger partial charge is 0.257 e. The molecule has 0 aromatic heterocycles. The molecule has 0 atom stereocenters. The van der Waals surface area contributed by atoms with Gasteiger partial charge in [0.15, 0.2) is 0 Å². The zero-order chi connectivity index (χ0) is 13.7. The number of phenolic OH excluding ortho intramolecular Hbond substituents is 1. The minimum absolute atomic E-state index is 0.0161. The van der Waals surface area contributed by atoms with Crippen LogP contribution in [0.4, 0.5) is 0 Å². The number of halogens is 1. The second-order valence-corrected chi connectivity index (χ2v) is 5.25. The average molecular weight is 316 g/mol. The van der Waals surface area contributed by atoms with Crippen LogP contribution in [0.25, 0.3) is 0 Å². The van der Waals surface area contributed by atoms with E-state index in [2.05, 4.69) is 15.9 Å². The number of amides is 1. The fourth-order valence-corrected chi connectivity index (χ4v) is 2.03. The molecule has 0 radical (unpaired) electrons. The number of benzene rings is 1. The molecule has 0 fully saturated rings. The minimum atomic E-state index is -0.225. The number of carbonyl (C=O) groups excluding carboxylic acids is 1. The maximum atomic E-state index is 12.3. The fourth-order valence-electron chi connectivity index (χ4n) is 1.67. The van der Waals surface area contributed by atoms with Crippen LogP contribution in [-0.4, -0.2) is 40.2 Å². The van der Waals surface area contributed by atoms with E-state index < -0.39 is 0 Å². The van der Waals surface area contributed by atoms with Gasteiger partial charge >= 0.3 is 0 Å². The summed E-state index contributed by atoms with van der Waals surface area (Å²) in [5.41, 5.74) is 0.274. The van der Waals surface area contributed by atoms with Gasteiger partial charge in [0.1, 0.15) is 5.75 Å².